The van der Waals surface area contributed by atoms with E-state index in [4.69, 9.17) is 11.6 Å². The third-order valence-electron chi connectivity index (χ3n) is 4.61. The maximum absolute atomic E-state index is 13.2. The molecule has 2 amide bonds. The maximum Gasteiger partial charge on any atom is 0.264 e. The van der Waals surface area contributed by atoms with Gasteiger partial charge in [-0.05, 0) is 49.6 Å². The molecule has 1 saturated heterocycles. The molecule has 162 valence electrons. The van der Waals surface area contributed by atoms with Crippen LogP contribution in [0.3, 0.4) is 0 Å². The van der Waals surface area contributed by atoms with Crippen LogP contribution in [0, 0.1) is 12.7 Å². The van der Waals surface area contributed by atoms with Gasteiger partial charge in [-0.3, -0.25) is 9.59 Å². The van der Waals surface area contributed by atoms with E-state index in [1.807, 2.05) is 0 Å². The molecule has 0 saturated carbocycles. The predicted octanol–water partition coefficient (Wildman–Crippen LogP) is 3.26. The number of nitrogens with one attached hydrogen (secondary N) is 2. The van der Waals surface area contributed by atoms with Crippen LogP contribution in [0.25, 0.3) is 0 Å². The summed E-state index contributed by atoms with van der Waals surface area (Å²) in [5.41, 5.74) is 0.825. The number of sulfonamides is 1. The monoisotopic (exact) mass is 473 g/mol. The molecule has 2 N–H and O–H groups in total. The van der Waals surface area contributed by atoms with E-state index in [-0.39, 0.29) is 29.1 Å². The average molecular weight is 474 g/mol. The van der Waals surface area contributed by atoms with Gasteiger partial charge in [-0.25, -0.2) is 17.5 Å². The van der Waals surface area contributed by atoms with Crippen LogP contribution in [-0.2, 0) is 10.0 Å². The van der Waals surface area contributed by atoms with Crippen molar-refractivity contribution in [3.05, 3.63) is 51.1 Å². The first kappa shape index (κ1) is 22.7. The summed E-state index contributed by atoms with van der Waals surface area (Å²) in [6, 6.07) is 4.86. The van der Waals surface area contributed by atoms with Crippen LogP contribution in [0.2, 0.25) is 5.02 Å². The van der Waals surface area contributed by atoms with Gasteiger partial charge < -0.3 is 10.2 Å². The van der Waals surface area contributed by atoms with Crippen molar-refractivity contribution < 1.29 is 22.4 Å². The van der Waals surface area contributed by atoms with Crippen LogP contribution >= 0.6 is 22.9 Å². The molecular weight excluding hydrogens is 453 g/mol. The Morgan fingerprint density at radius 2 is 2.03 bits per heavy atom. The van der Waals surface area contributed by atoms with E-state index >= 15 is 0 Å². The second-order valence-electron chi connectivity index (χ2n) is 7.18. The van der Waals surface area contributed by atoms with Crippen molar-refractivity contribution in [2.45, 2.75) is 25.8 Å². The number of hydrogen-bond donors (Lipinski definition) is 2. The zero-order valence-electron chi connectivity index (χ0n) is 16.4. The number of likely N-dealkylation sites (tertiary alicyclic amines) is 1. The Hall–Kier alpha value is -2.01. The van der Waals surface area contributed by atoms with Gasteiger partial charge in [0, 0.05) is 19.1 Å². The molecule has 7 nitrogen and oxygen atoms in total. The minimum absolute atomic E-state index is 0.00480. The van der Waals surface area contributed by atoms with Crippen molar-refractivity contribution in [1.82, 2.24) is 9.62 Å². The fourth-order valence-corrected chi connectivity index (χ4v) is 5.40. The number of nitrogens with zero attached hydrogens (tertiary/aromatic N) is 1. The molecule has 1 fully saturated rings. The zero-order chi connectivity index (χ0) is 22.1. The highest BCUT2D eigenvalue weighted by Crippen LogP contribution is 2.30. The number of carbonyl (C=O) groups excluding carboxylic acids is 2. The highest BCUT2D eigenvalue weighted by molar-refractivity contribution is 7.88. The van der Waals surface area contributed by atoms with Gasteiger partial charge in [-0.15, -0.1) is 11.3 Å². The SMILES string of the molecule is Cc1cc(NC(=O)c2ccc(F)cc2Cl)sc1C(=O)N1CCCC(NS(C)(=O)=O)C1. The van der Waals surface area contributed by atoms with Gasteiger partial charge in [0.05, 0.1) is 26.7 Å². The number of anilines is 1. The molecule has 1 aliphatic rings. The van der Waals surface area contributed by atoms with Crippen LogP contribution in [0.4, 0.5) is 9.39 Å². The minimum atomic E-state index is -3.35. The van der Waals surface area contributed by atoms with E-state index in [2.05, 4.69) is 10.0 Å². The van der Waals surface area contributed by atoms with Crippen molar-refractivity contribution in [3.8, 4) is 0 Å². The molecule has 11 heteroatoms. The average Bonchev–Trinajstić information content (AvgIpc) is 2.99. The van der Waals surface area contributed by atoms with Crippen LogP contribution in [0.15, 0.2) is 24.3 Å². The van der Waals surface area contributed by atoms with Gasteiger partial charge in [0.1, 0.15) is 5.82 Å². The first-order valence-corrected chi connectivity index (χ1v) is 12.3. The van der Waals surface area contributed by atoms with E-state index in [1.165, 1.54) is 6.07 Å². The number of piperidine rings is 1. The molecule has 1 atom stereocenters. The number of amides is 2. The largest absolute Gasteiger partial charge is 0.336 e. The van der Waals surface area contributed by atoms with Crippen molar-refractivity contribution >= 4 is 49.8 Å². The molecule has 0 aliphatic carbocycles. The molecule has 2 heterocycles. The first-order chi connectivity index (χ1) is 14.0. The van der Waals surface area contributed by atoms with Crippen molar-refractivity contribution in [2.24, 2.45) is 0 Å². The molecule has 0 spiro atoms. The smallest absolute Gasteiger partial charge is 0.264 e. The quantitative estimate of drug-likeness (QED) is 0.696. The Morgan fingerprint density at radius 3 is 2.70 bits per heavy atom. The highest BCUT2D eigenvalue weighted by atomic mass is 35.5. The number of hydrogen-bond acceptors (Lipinski definition) is 5. The second kappa shape index (κ2) is 9.01. The lowest BCUT2D eigenvalue weighted by atomic mass is 10.1. The molecular formula is C19H21ClFN3O4S2. The lowest BCUT2D eigenvalue weighted by molar-refractivity contribution is 0.0707. The van der Waals surface area contributed by atoms with Crippen LogP contribution < -0.4 is 10.0 Å². The molecule has 30 heavy (non-hydrogen) atoms. The van der Waals surface area contributed by atoms with Crippen LogP contribution in [-0.4, -0.2) is 50.5 Å². The van der Waals surface area contributed by atoms with Crippen molar-refractivity contribution in [2.75, 3.05) is 24.7 Å². The molecule has 3 rings (SSSR count). The highest BCUT2D eigenvalue weighted by Gasteiger charge is 2.28. The van der Waals surface area contributed by atoms with Crippen molar-refractivity contribution in [3.63, 3.8) is 0 Å². The normalized spacial score (nSPS) is 17.1. The van der Waals surface area contributed by atoms with Gasteiger partial charge in [-0.1, -0.05) is 11.6 Å². The number of aryl methyl sites for hydroxylation is 1. The van der Waals surface area contributed by atoms with E-state index < -0.39 is 21.7 Å². The third kappa shape index (κ3) is 5.57. The lowest BCUT2D eigenvalue weighted by Gasteiger charge is -2.32. The summed E-state index contributed by atoms with van der Waals surface area (Å²) in [4.78, 5) is 27.5. The number of benzene rings is 1. The summed E-state index contributed by atoms with van der Waals surface area (Å²) in [7, 11) is -3.35. The minimum Gasteiger partial charge on any atom is -0.336 e. The van der Waals surface area contributed by atoms with E-state index in [9.17, 15) is 22.4 Å². The zero-order valence-corrected chi connectivity index (χ0v) is 18.8. The predicted molar refractivity (Wildman–Crippen MR) is 115 cm³/mol. The van der Waals surface area contributed by atoms with Crippen molar-refractivity contribution in [1.29, 1.82) is 0 Å². The third-order valence-corrected chi connectivity index (χ3v) is 6.83. The Bertz CT molecular complexity index is 1090. The second-order valence-corrected chi connectivity index (χ2v) is 10.4. The summed E-state index contributed by atoms with van der Waals surface area (Å²) in [5, 5.41) is 3.14. The van der Waals surface area contributed by atoms with E-state index in [0.717, 1.165) is 29.7 Å². The molecule has 1 unspecified atom stereocenters. The summed E-state index contributed by atoms with van der Waals surface area (Å²) >= 11 is 7.06. The summed E-state index contributed by atoms with van der Waals surface area (Å²) in [5.74, 6) is -1.25. The van der Waals surface area contributed by atoms with Crippen LogP contribution in [0.1, 0.15) is 38.4 Å². The Balaban J connectivity index is 1.72. The number of carbonyl (C=O) groups is 2. The Labute approximate surface area is 183 Å². The fourth-order valence-electron chi connectivity index (χ4n) is 3.31. The molecule has 1 aromatic heterocycles. The Kier molecular flexibility index (Phi) is 6.81. The van der Waals surface area contributed by atoms with Gasteiger partial charge in [0.2, 0.25) is 10.0 Å². The maximum atomic E-state index is 13.2. The molecule has 0 radical (unpaired) electrons. The molecule has 1 aromatic carbocycles. The molecule has 1 aliphatic heterocycles. The topological polar surface area (TPSA) is 95.6 Å². The summed E-state index contributed by atoms with van der Waals surface area (Å²) in [6.07, 6.45) is 2.45. The van der Waals surface area contributed by atoms with Gasteiger partial charge in [-0.2, -0.15) is 0 Å². The van der Waals surface area contributed by atoms with Gasteiger partial charge in [0.15, 0.2) is 0 Å². The van der Waals surface area contributed by atoms with Gasteiger partial charge >= 0.3 is 0 Å². The lowest BCUT2D eigenvalue weighted by Crippen LogP contribution is -2.49. The summed E-state index contributed by atoms with van der Waals surface area (Å²) in [6.45, 7) is 2.58. The van der Waals surface area contributed by atoms with E-state index in [0.29, 0.717) is 34.8 Å². The van der Waals surface area contributed by atoms with Crippen LogP contribution in [0.5, 0.6) is 0 Å². The standard InChI is InChI=1S/C19H21ClFN3O4S2/c1-11-8-16(22-18(25)14-6-5-12(21)9-15(14)20)29-17(11)19(26)24-7-3-4-13(10-24)23-30(2,27)28/h5-6,8-9,13,23H,3-4,7,10H2,1-2H3,(H,22,25). The molecule has 0 bridgehead atoms. The van der Waals surface area contributed by atoms with Gasteiger partial charge in [0.25, 0.3) is 11.8 Å². The number of rotatable bonds is 5. The number of thiophene rings is 1. The van der Waals surface area contributed by atoms with E-state index in [1.54, 1.807) is 17.9 Å². The fraction of sp³-hybridized carbons (Fsp3) is 0.368. The first-order valence-electron chi connectivity index (χ1n) is 9.17. The Morgan fingerprint density at radius 1 is 1.30 bits per heavy atom. The molecule has 2 aromatic rings. The number of halogens is 2. The summed E-state index contributed by atoms with van der Waals surface area (Å²) < 4.78 is 38.7.